The van der Waals surface area contributed by atoms with Crippen LogP contribution in [0.3, 0.4) is 0 Å². The summed E-state index contributed by atoms with van der Waals surface area (Å²) in [6.45, 7) is 2.05. The van der Waals surface area contributed by atoms with E-state index in [-0.39, 0.29) is 12.3 Å². The molecule has 1 aliphatic heterocycles. The van der Waals surface area contributed by atoms with Crippen molar-refractivity contribution in [3.05, 3.63) is 72.1 Å². The number of amides is 1. The molecule has 0 radical (unpaired) electrons. The topological polar surface area (TPSA) is 109 Å². The molecule has 34 heavy (non-hydrogen) atoms. The Hall–Kier alpha value is -3.73. The van der Waals surface area contributed by atoms with Gasteiger partial charge in [-0.3, -0.25) is 4.79 Å². The van der Waals surface area contributed by atoms with Gasteiger partial charge in [-0.05, 0) is 55.6 Å². The molecule has 11 heteroatoms. The average molecular weight is 475 g/mol. The van der Waals surface area contributed by atoms with Crippen molar-refractivity contribution in [1.82, 2.24) is 20.3 Å². The smallest absolute Gasteiger partial charge is 0.475 e. The molecule has 2 aromatic carbocycles. The third-order valence-corrected chi connectivity index (χ3v) is 5.12. The van der Waals surface area contributed by atoms with Gasteiger partial charge in [-0.2, -0.15) is 28.2 Å². The van der Waals surface area contributed by atoms with E-state index in [0.717, 1.165) is 37.3 Å². The van der Waals surface area contributed by atoms with Crippen LogP contribution < -0.4 is 10.6 Å². The molecule has 8 nitrogen and oxygen atoms in total. The minimum atomic E-state index is -5.08. The van der Waals surface area contributed by atoms with Gasteiger partial charge in [-0.25, -0.2) is 4.79 Å². The van der Waals surface area contributed by atoms with Crippen LogP contribution in [0.4, 0.5) is 18.9 Å². The van der Waals surface area contributed by atoms with Gasteiger partial charge in [-0.1, -0.05) is 36.4 Å². The molecule has 4 rings (SSSR count). The number of para-hydroxylation sites is 2. The van der Waals surface area contributed by atoms with Gasteiger partial charge < -0.3 is 15.7 Å². The van der Waals surface area contributed by atoms with Gasteiger partial charge in [0.15, 0.2) is 0 Å². The molecule has 1 aromatic heterocycles. The fourth-order valence-corrected chi connectivity index (χ4v) is 3.52. The highest BCUT2D eigenvalue weighted by Crippen LogP contribution is 2.31. The second-order valence-corrected chi connectivity index (χ2v) is 7.60. The molecule has 2 heterocycles. The lowest BCUT2D eigenvalue weighted by Crippen LogP contribution is -2.27. The van der Waals surface area contributed by atoms with Crippen molar-refractivity contribution in [2.75, 3.05) is 18.4 Å². The number of benzene rings is 2. The van der Waals surface area contributed by atoms with Gasteiger partial charge in [0.2, 0.25) is 5.91 Å². The Morgan fingerprint density at radius 3 is 2.32 bits per heavy atom. The zero-order valence-electron chi connectivity index (χ0n) is 18.1. The number of carbonyl (C=O) groups excluding carboxylic acids is 1. The largest absolute Gasteiger partial charge is 0.490 e. The van der Waals surface area contributed by atoms with Crippen LogP contribution in [0.2, 0.25) is 0 Å². The minimum Gasteiger partial charge on any atom is -0.475 e. The number of aromatic nitrogens is 3. The average Bonchev–Trinajstić information content (AvgIpc) is 3.29. The van der Waals surface area contributed by atoms with E-state index in [2.05, 4.69) is 26.9 Å². The Labute approximate surface area is 193 Å². The number of carboxylic acid groups (broad SMARTS) is 1. The molecule has 3 aromatic rings. The van der Waals surface area contributed by atoms with Crippen molar-refractivity contribution in [2.24, 2.45) is 0 Å². The number of carbonyl (C=O) groups is 2. The predicted octanol–water partition coefficient (Wildman–Crippen LogP) is 3.55. The number of nitrogens with one attached hydrogen (secondary N) is 2. The lowest BCUT2D eigenvalue weighted by Gasteiger charge is -2.25. The van der Waals surface area contributed by atoms with Crippen molar-refractivity contribution in [1.29, 1.82) is 0 Å². The Bertz CT molecular complexity index is 1100. The number of alkyl halides is 3. The van der Waals surface area contributed by atoms with Crippen LogP contribution in [0.5, 0.6) is 0 Å². The highest BCUT2D eigenvalue weighted by molar-refractivity contribution is 5.92. The Kier molecular flexibility index (Phi) is 8.36. The first kappa shape index (κ1) is 24.9. The van der Waals surface area contributed by atoms with Gasteiger partial charge in [0.05, 0.1) is 24.0 Å². The number of anilines is 1. The van der Waals surface area contributed by atoms with Gasteiger partial charge in [-0.15, -0.1) is 0 Å². The van der Waals surface area contributed by atoms with Crippen LogP contribution in [-0.4, -0.2) is 51.2 Å². The van der Waals surface area contributed by atoms with Crippen LogP contribution in [0.1, 0.15) is 30.0 Å². The molecule has 3 N–H and O–H groups in total. The number of nitrogens with zero attached hydrogens (tertiary/aromatic N) is 3. The van der Waals surface area contributed by atoms with Crippen LogP contribution >= 0.6 is 0 Å². The summed E-state index contributed by atoms with van der Waals surface area (Å²) in [5, 5.41) is 22.2. The number of piperidine rings is 1. The monoisotopic (exact) mass is 475 g/mol. The predicted molar refractivity (Wildman–Crippen MR) is 119 cm³/mol. The maximum atomic E-state index is 12.6. The van der Waals surface area contributed by atoms with Gasteiger partial charge >= 0.3 is 12.1 Å². The molecule has 0 saturated carbocycles. The van der Waals surface area contributed by atoms with Crippen molar-refractivity contribution in [3.63, 3.8) is 0 Å². The van der Waals surface area contributed by atoms with Crippen molar-refractivity contribution in [3.8, 4) is 5.69 Å². The van der Waals surface area contributed by atoms with Crippen molar-refractivity contribution < 1.29 is 27.9 Å². The lowest BCUT2D eigenvalue weighted by molar-refractivity contribution is -0.192. The summed E-state index contributed by atoms with van der Waals surface area (Å²) < 4.78 is 31.7. The quantitative estimate of drug-likeness (QED) is 0.521. The lowest BCUT2D eigenvalue weighted by atomic mass is 9.89. The molecule has 180 valence electrons. The fourth-order valence-electron chi connectivity index (χ4n) is 3.52. The second kappa shape index (κ2) is 11.4. The van der Waals surface area contributed by atoms with E-state index in [4.69, 9.17) is 9.90 Å². The van der Waals surface area contributed by atoms with E-state index in [1.807, 2.05) is 48.5 Å². The fraction of sp³-hybridized carbons (Fsp3) is 0.304. The number of carboxylic acids is 1. The minimum absolute atomic E-state index is 0.0727. The maximum absolute atomic E-state index is 12.6. The van der Waals surface area contributed by atoms with E-state index in [0.29, 0.717) is 11.6 Å². The van der Waals surface area contributed by atoms with Crippen LogP contribution in [-0.2, 0) is 16.0 Å². The molecule has 0 spiro atoms. The standard InChI is InChI=1S/C21H23N5O.C2HF3O2/c27-21(14-17-15-23-26(25-17)18-6-2-1-3-7-18)24-20-9-5-4-8-19(20)16-10-12-22-13-11-16;3-2(4,5)1(6)7/h1-9,15-16,22H,10-14H2,(H,24,27);(H,6,7). The first-order valence-corrected chi connectivity index (χ1v) is 10.6. The molecule has 1 amide bonds. The number of rotatable bonds is 5. The SMILES string of the molecule is O=C(Cc1cnn(-c2ccccc2)n1)Nc1ccccc1C1CCNCC1.O=C(O)C(F)(F)F. The van der Waals surface area contributed by atoms with Gasteiger partial charge in [0.1, 0.15) is 0 Å². The number of hydrogen-bond donors (Lipinski definition) is 3. The molecule has 1 fully saturated rings. The van der Waals surface area contributed by atoms with E-state index in [1.54, 1.807) is 11.0 Å². The number of halogens is 3. The second-order valence-electron chi connectivity index (χ2n) is 7.60. The van der Waals surface area contributed by atoms with Gasteiger partial charge in [0.25, 0.3) is 0 Å². The summed E-state index contributed by atoms with van der Waals surface area (Å²) in [5.41, 5.74) is 3.65. The zero-order chi connectivity index (χ0) is 24.6. The molecular formula is C23H24F3N5O3. The summed E-state index contributed by atoms with van der Waals surface area (Å²) in [7, 11) is 0. The Morgan fingerprint density at radius 2 is 1.68 bits per heavy atom. The summed E-state index contributed by atoms with van der Waals surface area (Å²) in [6, 6.07) is 17.8. The Morgan fingerprint density at radius 1 is 1.06 bits per heavy atom. The first-order chi connectivity index (χ1) is 16.2. The summed E-state index contributed by atoms with van der Waals surface area (Å²) in [5.74, 6) is -2.34. The highest BCUT2D eigenvalue weighted by atomic mass is 19.4. The highest BCUT2D eigenvalue weighted by Gasteiger charge is 2.38. The molecule has 0 aliphatic carbocycles. The van der Waals surface area contributed by atoms with Crippen molar-refractivity contribution in [2.45, 2.75) is 31.4 Å². The summed E-state index contributed by atoms with van der Waals surface area (Å²) in [4.78, 5) is 23.0. The molecular weight excluding hydrogens is 451 g/mol. The first-order valence-electron chi connectivity index (χ1n) is 10.6. The van der Waals surface area contributed by atoms with E-state index < -0.39 is 12.1 Å². The van der Waals surface area contributed by atoms with E-state index in [1.165, 1.54) is 5.56 Å². The van der Waals surface area contributed by atoms with Crippen LogP contribution in [0.25, 0.3) is 5.69 Å². The Balaban J connectivity index is 0.000000406. The van der Waals surface area contributed by atoms with E-state index >= 15 is 0 Å². The number of aliphatic carboxylic acids is 1. The maximum Gasteiger partial charge on any atom is 0.490 e. The van der Waals surface area contributed by atoms with Crippen LogP contribution in [0, 0.1) is 0 Å². The third kappa shape index (κ3) is 7.14. The molecule has 0 unspecified atom stereocenters. The normalized spacial score (nSPS) is 14.1. The number of hydrogen-bond acceptors (Lipinski definition) is 5. The van der Waals surface area contributed by atoms with E-state index in [9.17, 15) is 18.0 Å². The van der Waals surface area contributed by atoms with Crippen LogP contribution in [0.15, 0.2) is 60.8 Å². The molecule has 0 atom stereocenters. The molecule has 0 bridgehead atoms. The third-order valence-electron chi connectivity index (χ3n) is 5.12. The summed E-state index contributed by atoms with van der Waals surface area (Å²) >= 11 is 0. The summed E-state index contributed by atoms with van der Waals surface area (Å²) in [6.07, 6.45) is -1.05. The molecule has 1 aliphatic rings. The van der Waals surface area contributed by atoms with Crippen molar-refractivity contribution >= 4 is 17.6 Å². The molecule has 1 saturated heterocycles. The zero-order valence-corrected chi connectivity index (χ0v) is 18.1. The van der Waals surface area contributed by atoms with Gasteiger partial charge in [0, 0.05) is 5.69 Å².